The number of carbonyl (C=O) groups is 1. The number of alkyl halides is 3. The summed E-state index contributed by atoms with van der Waals surface area (Å²) in [5.41, 5.74) is 4.09. The van der Waals surface area contributed by atoms with E-state index in [0.29, 0.717) is 0 Å². The Morgan fingerprint density at radius 3 is 2.33 bits per heavy atom. The predicted molar refractivity (Wildman–Crippen MR) is 58.6 cm³/mol. The van der Waals surface area contributed by atoms with Crippen LogP contribution in [0.4, 0.5) is 18.9 Å². The fourth-order valence-corrected chi connectivity index (χ4v) is 1.94. The van der Waals surface area contributed by atoms with Crippen LogP contribution >= 0.6 is 22.6 Å². The number of benzene rings is 1. The zero-order chi connectivity index (χ0) is 11.8. The van der Waals surface area contributed by atoms with Crippen LogP contribution in [0.3, 0.4) is 0 Å². The van der Waals surface area contributed by atoms with E-state index >= 15 is 0 Å². The van der Waals surface area contributed by atoms with E-state index in [1.54, 1.807) is 0 Å². The van der Waals surface area contributed by atoms with Crippen LogP contribution < -0.4 is 5.73 Å². The van der Waals surface area contributed by atoms with Crippen molar-refractivity contribution in [2.24, 2.45) is 0 Å². The molecule has 0 aliphatic rings. The molecule has 0 unspecified atom stereocenters. The molecular weight excluding hydrogens is 322 g/mol. The van der Waals surface area contributed by atoms with Crippen molar-refractivity contribution in [3.63, 3.8) is 0 Å². The van der Waals surface area contributed by atoms with Crippen molar-refractivity contribution in [3.8, 4) is 0 Å². The first kappa shape index (κ1) is 12.3. The molecule has 2 nitrogen and oxygen atoms in total. The number of carbonyl (C=O) groups excluding carboxylic acids is 1. The number of ketones is 1. The summed E-state index contributed by atoms with van der Waals surface area (Å²) in [5.74, 6) is -0.625. The maximum absolute atomic E-state index is 12.6. The molecule has 0 atom stereocenters. The minimum atomic E-state index is -4.56. The molecule has 0 fully saturated rings. The van der Waals surface area contributed by atoms with Gasteiger partial charge in [0.2, 0.25) is 0 Å². The normalized spacial score (nSPS) is 11.5. The van der Waals surface area contributed by atoms with Gasteiger partial charge in [0.15, 0.2) is 5.78 Å². The van der Waals surface area contributed by atoms with Gasteiger partial charge in [0, 0.05) is 14.8 Å². The topological polar surface area (TPSA) is 43.1 Å². The second-order valence-electron chi connectivity index (χ2n) is 2.95. The van der Waals surface area contributed by atoms with Crippen molar-refractivity contribution < 1.29 is 18.0 Å². The largest absolute Gasteiger partial charge is 0.418 e. The lowest BCUT2D eigenvalue weighted by Gasteiger charge is -2.14. The molecule has 0 heterocycles. The Labute approximate surface area is 97.8 Å². The van der Waals surface area contributed by atoms with E-state index in [-0.39, 0.29) is 14.8 Å². The molecule has 82 valence electrons. The number of anilines is 1. The molecule has 1 aromatic carbocycles. The van der Waals surface area contributed by atoms with Gasteiger partial charge < -0.3 is 5.73 Å². The summed E-state index contributed by atoms with van der Waals surface area (Å²) in [4.78, 5) is 11.0. The summed E-state index contributed by atoms with van der Waals surface area (Å²) < 4.78 is 37.8. The number of hydrogen-bond donors (Lipinski definition) is 1. The average molecular weight is 329 g/mol. The van der Waals surface area contributed by atoms with Crippen molar-refractivity contribution in [1.29, 1.82) is 0 Å². The first-order valence-electron chi connectivity index (χ1n) is 3.91. The lowest BCUT2D eigenvalue weighted by Crippen LogP contribution is -2.15. The van der Waals surface area contributed by atoms with E-state index < -0.39 is 17.5 Å². The van der Waals surface area contributed by atoms with Crippen molar-refractivity contribution in [2.75, 3.05) is 5.73 Å². The molecule has 0 bridgehead atoms. The van der Waals surface area contributed by atoms with E-state index in [0.717, 1.165) is 13.0 Å². The minimum absolute atomic E-state index is 0.0212. The smallest absolute Gasteiger partial charge is 0.398 e. The Morgan fingerprint density at radius 2 is 1.93 bits per heavy atom. The van der Waals surface area contributed by atoms with Crippen LogP contribution in [0, 0.1) is 3.57 Å². The maximum Gasteiger partial charge on any atom is 0.418 e. The van der Waals surface area contributed by atoms with Crippen LogP contribution in [0.1, 0.15) is 22.8 Å². The van der Waals surface area contributed by atoms with Gasteiger partial charge in [0.25, 0.3) is 0 Å². The van der Waals surface area contributed by atoms with Crippen LogP contribution in [0.15, 0.2) is 12.1 Å². The van der Waals surface area contributed by atoms with E-state index in [1.165, 1.54) is 28.7 Å². The Hall–Kier alpha value is -0.790. The number of halogens is 4. The quantitative estimate of drug-likeness (QED) is 0.489. The summed E-state index contributed by atoms with van der Waals surface area (Å²) in [6.45, 7) is 1.09. The third-order valence-corrected chi connectivity index (χ3v) is 3.00. The Bertz CT molecular complexity index is 415. The zero-order valence-corrected chi connectivity index (χ0v) is 9.81. The second kappa shape index (κ2) is 3.99. The van der Waals surface area contributed by atoms with Crippen LogP contribution in [0.5, 0.6) is 0 Å². The van der Waals surface area contributed by atoms with Gasteiger partial charge in [-0.25, -0.2) is 0 Å². The molecule has 0 amide bonds. The fraction of sp³-hybridized carbons (Fsp3) is 0.222. The highest BCUT2D eigenvalue weighted by molar-refractivity contribution is 14.1. The van der Waals surface area contributed by atoms with Gasteiger partial charge in [0.05, 0.1) is 5.56 Å². The summed E-state index contributed by atoms with van der Waals surface area (Å²) in [6.07, 6.45) is -4.56. The maximum atomic E-state index is 12.6. The Kier molecular flexibility index (Phi) is 3.27. The Morgan fingerprint density at radius 1 is 1.40 bits per heavy atom. The van der Waals surface area contributed by atoms with E-state index in [4.69, 9.17) is 5.73 Å². The highest BCUT2D eigenvalue weighted by Gasteiger charge is 2.37. The molecule has 0 saturated carbocycles. The highest BCUT2D eigenvalue weighted by Crippen LogP contribution is 2.37. The molecule has 0 aliphatic heterocycles. The SMILES string of the molecule is CC(=O)c1ccc(N)c(I)c1C(F)(F)F. The number of Topliss-reactive ketones (excluding diaryl/α,β-unsaturated/α-hetero) is 1. The molecule has 0 aromatic heterocycles. The molecule has 0 radical (unpaired) electrons. The number of hydrogen-bond acceptors (Lipinski definition) is 2. The fourth-order valence-electron chi connectivity index (χ4n) is 1.16. The third kappa shape index (κ3) is 2.42. The average Bonchev–Trinajstić information content (AvgIpc) is 2.06. The zero-order valence-electron chi connectivity index (χ0n) is 7.65. The molecule has 6 heteroatoms. The van der Waals surface area contributed by atoms with E-state index in [1.807, 2.05) is 0 Å². The summed E-state index contributed by atoms with van der Waals surface area (Å²) >= 11 is 1.49. The standard InChI is InChI=1S/C9H7F3INO/c1-4(15)5-2-3-6(14)8(13)7(5)9(10,11)12/h2-3H,14H2,1H3. The molecule has 15 heavy (non-hydrogen) atoms. The van der Waals surface area contributed by atoms with Gasteiger partial charge in [-0.2, -0.15) is 13.2 Å². The molecule has 0 spiro atoms. The van der Waals surface area contributed by atoms with Crippen LogP contribution in [-0.2, 0) is 6.18 Å². The van der Waals surface area contributed by atoms with Gasteiger partial charge in [-0.05, 0) is 41.6 Å². The molecule has 0 aliphatic carbocycles. The predicted octanol–water partition coefficient (Wildman–Crippen LogP) is 3.09. The van der Waals surface area contributed by atoms with Gasteiger partial charge in [-0.1, -0.05) is 0 Å². The second-order valence-corrected chi connectivity index (χ2v) is 4.02. The molecule has 1 aromatic rings. The van der Waals surface area contributed by atoms with Crippen LogP contribution in [0.25, 0.3) is 0 Å². The number of nitrogen functional groups attached to an aromatic ring is 1. The minimum Gasteiger partial charge on any atom is -0.398 e. The lowest BCUT2D eigenvalue weighted by atomic mass is 10.0. The molecule has 0 saturated heterocycles. The van der Waals surface area contributed by atoms with Crippen molar-refractivity contribution in [1.82, 2.24) is 0 Å². The molecule has 2 N–H and O–H groups in total. The number of rotatable bonds is 1. The summed E-state index contributed by atoms with van der Waals surface area (Å²) in [5, 5.41) is 0. The molecular formula is C9H7F3INO. The van der Waals surface area contributed by atoms with Crippen molar-refractivity contribution >= 4 is 34.1 Å². The first-order valence-corrected chi connectivity index (χ1v) is 4.99. The Balaban J connectivity index is 3.57. The van der Waals surface area contributed by atoms with Crippen molar-refractivity contribution in [2.45, 2.75) is 13.1 Å². The summed E-state index contributed by atoms with van der Waals surface area (Å²) in [6, 6.07) is 2.40. The van der Waals surface area contributed by atoms with Gasteiger partial charge in [-0.3, -0.25) is 4.79 Å². The first-order chi connectivity index (χ1) is 6.75. The monoisotopic (exact) mass is 329 g/mol. The lowest BCUT2D eigenvalue weighted by molar-refractivity contribution is -0.138. The van der Waals surface area contributed by atoms with E-state index in [2.05, 4.69) is 0 Å². The van der Waals surface area contributed by atoms with Crippen LogP contribution in [0.2, 0.25) is 0 Å². The van der Waals surface area contributed by atoms with Crippen molar-refractivity contribution in [3.05, 3.63) is 26.8 Å². The number of nitrogens with two attached hydrogens (primary N) is 1. The van der Waals surface area contributed by atoms with Gasteiger partial charge in [0.1, 0.15) is 0 Å². The third-order valence-electron chi connectivity index (χ3n) is 1.83. The van der Waals surface area contributed by atoms with Gasteiger partial charge in [-0.15, -0.1) is 0 Å². The van der Waals surface area contributed by atoms with E-state index in [9.17, 15) is 18.0 Å². The molecule has 1 rings (SSSR count). The summed E-state index contributed by atoms with van der Waals surface area (Å²) in [7, 11) is 0. The highest BCUT2D eigenvalue weighted by atomic mass is 127. The van der Waals surface area contributed by atoms with Gasteiger partial charge >= 0.3 is 6.18 Å². The van der Waals surface area contributed by atoms with Crippen LogP contribution in [-0.4, -0.2) is 5.78 Å².